The van der Waals surface area contributed by atoms with Crippen LogP contribution in [0.15, 0.2) is 32.8 Å². The van der Waals surface area contributed by atoms with Gasteiger partial charge in [0.25, 0.3) is 5.89 Å². The van der Waals surface area contributed by atoms with E-state index in [0.29, 0.717) is 24.2 Å². The molecule has 0 radical (unpaired) electrons. The molecule has 0 saturated heterocycles. The van der Waals surface area contributed by atoms with Crippen molar-refractivity contribution in [2.24, 2.45) is 13.0 Å². The average molecular weight is 440 g/mol. The second kappa shape index (κ2) is 7.96. The molecule has 1 aliphatic rings. The van der Waals surface area contributed by atoms with Crippen LogP contribution in [-0.4, -0.2) is 31.4 Å². The number of fused-ring (bicyclic) bond motifs is 1. The molecule has 1 saturated carbocycles. The van der Waals surface area contributed by atoms with Gasteiger partial charge in [0.1, 0.15) is 11.4 Å². The van der Waals surface area contributed by atoms with E-state index in [0.717, 1.165) is 53.2 Å². The van der Waals surface area contributed by atoms with Crippen molar-refractivity contribution in [2.45, 2.75) is 45.1 Å². The van der Waals surface area contributed by atoms with E-state index in [2.05, 4.69) is 15.2 Å². The number of aryl methyl sites for hydroxylation is 2. The monoisotopic (exact) mass is 439 g/mol. The van der Waals surface area contributed by atoms with Crippen LogP contribution in [0, 0.1) is 12.8 Å². The van der Waals surface area contributed by atoms with Gasteiger partial charge >= 0.3 is 5.69 Å². The molecule has 162 valence electrons. The highest BCUT2D eigenvalue weighted by Gasteiger charge is 2.28. The van der Waals surface area contributed by atoms with Crippen LogP contribution in [0.3, 0.4) is 0 Å². The predicted octanol–water partition coefficient (Wildman–Crippen LogP) is 4.14. The topological polar surface area (TPSA) is 88.0 Å². The molecule has 8 nitrogen and oxygen atoms in total. The number of thiazole rings is 1. The fourth-order valence-electron chi connectivity index (χ4n) is 4.51. The summed E-state index contributed by atoms with van der Waals surface area (Å²) in [4.78, 5) is 17.3. The highest BCUT2D eigenvalue weighted by molar-refractivity contribution is 7.09. The largest absolute Gasteiger partial charge is 0.497 e. The van der Waals surface area contributed by atoms with Gasteiger partial charge in [-0.05, 0) is 50.7 Å². The van der Waals surface area contributed by atoms with E-state index in [1.165, 1.54) is 0 Å². The second-order valence-corrected chi connectivity index (χ2v) is 9.28. The molecule has 9 heteroatoms. The van der Waals surface area contributed by atoms with Gasteiger partial charge in [0.2, 0.25) is 5.89 Å². The number of rotatable bonds is 5. The van der Waals surface area contributed by atoms with Gasteiger partial charge in [-0.2, -0.15) is 0 Å². The number of hydrogen-bond donors (Lipinski definition) is 0. The Labute approximate surface area is 183 Å². The molecular formula is C22H25N5O3S. The number of benzene rings is 1. The van der Waals surface area contributed by atoms with Gasteiger partial charge < -0.3 is 9.15 Å². The number of hydrogen-bond acceptors (Lipinski definition) is 7. The standard InChI is InChI=1S/C22H25N5O3S/c1-13-23-17(12-31-13)21-25-24-20(30-21)15-6-4-14(5-7-15)11-27-19-10-16(29-3)8-9-18(19)26(2)22(27)28/h8-10,12,14-15H,4-7,11H2,1-3H3. The molecule has 1 fully saturated rings. The van der Waals surface area contributed by atoms with Crippen LogP contribution in [-0.2, 0) is 13.6 Å². The molecule has 1 aliphatic carbocycles. The van der Waals surface area contributed by atoms with Crippen molar-refractivity contribution >= 4 is 22.4 Å². The van der Waals surface area contributed by atoms with Gasteiger partial charge in [0.15, 0.2) is 0 Å². The first kappa shape index (κ1) is 20.0. The fourth-order valence-corrected chi connectivity index (χ4v) is 5.10. The molecule has 3 aromatic heterocycles. The van der Waals surface area contributed by atoms with Gasteiger partial charge in [0.05, 0.1) is 23.2 Å². The molecule has 0 bridgehead atoms. The first-order valence-electron chi connectivity index (χ1n) is 10.5. The zero-order valence-electron chi connectivity index (χ0n) is 17.9. The first-order chi connectivity index (χ1) is 15.0. The van der Waals surface area contributed by atoms with E-state index >= 15 is 0 Å². The third-order valence-electron chi connectivity index (χ3n) is 6.27. The molecule has 0 aliphatic heterocycles. The van der Waals surface area contributed by atoms with Crippen molar-refractivity contribution in [1.29, 1.82) is 0 Å². The Bertz CT molecular complexity index is 1280. The highest BCUT2D eigenvalue weighted by atomic mass is 32.1. The van der Waals surface area contributed by atoms with Crippen LogP contribution in [0.1, 0.15) is 42.5 Å². The van der Waals surface area contributed by atoms with Gasteiger partial charge in [-0.25, -0.2) is 9.78 Å². The minimum atomic E-state index is 0.0190. The number of nitrogens with zero attached hydrogens (tertiary/aromatic N) is 5. The van der Waals surface area contributed by atoms with E-state index in [9.17, 15) is 4.79 Å². The van der Waals surface area contributed by atoms with Crippen LogP contribution in [0.4, 0.5) is 0 Å². The number of methoxy groups -OCH3 is 1. The summed E-state index contributed by atoms with van der Waals surface area (Å²) in [6.07, 6.45) is 3.99. The van der Waals surface area contributed by atoms with Crippen molar-refractivity contribution in [3.8, 4) is 17.3 Å². The third kappa shape index (κ3) is 3.67. The average Bonchev–Trinajstić information content (AvgIpc) is 3.50. The molecule has 0 atom stereocenters. The fraction of sp³-hybridized carbons (Fsp3) is 0.455. The quantitative estimate of drug-likeness (QED) is 0.464. The maximum Gasteiger partial charge on any atom is 0.328 e. The summed E-state index contributed by atoms with van der Waals surface area (Å²) < 4.78 is 14.9. The van der Waals surface area contributed by atoms with Gasteiger partial charge in [-0.1, -0.05) is 0 Å². The van der Waals surface area contributed by atoms with Crippen LogP contribution in [0.5, 0.6) is 5.75 Å². The first-order valence-corrected chi connectivity index (χ1v) is 11.4. The summed E-state index contributed by atoms with van der Waals surface area (Å²) in [6.45, 7) is 2.67. The van der Waals surface area contributed by atoms with Crippen molar-refractivity contribution in [2.75, 3.05) is 7.11 Å². The molecular weight excluding hydrogens is 414 g/mol. The lowest BCUT2D eigenvalue weighted by Crippen LogP contribution is -2.27. The van der Waals surface area contributed by atoms with E-state index in [4.69, 9.17) is 9.15 Å². The van der Waals surface area contributed by atoms with Gasteiger partial charge in [0, 0.05) is 31.0 Å². The zero-order valence-corrected chi connectivity index (χ0v) is 18.7. The zero-order chi connectivity index (χ0) is 21.5. The molecule has 4 aromatic rings. The Morgan fingerprint density at radius 1 is 1.19 bits per heavy atom. The third-order valence-corrected chi connectivity index (χ3v) is 7.04. The van der Waals surface area contributed by atoms with Crippen molar-refractivity contribution in [3.63, 3.8) is 0 Å². The van der Waals surface area contributed by atoms with Gasteiger partial charge in [-0.15, -0.1) is 21.5 Å². The highest BCUT2D eigenvalue weighted by Crippen LogP contribution is 2.37. The number of aromatic nitrogens is 5. The lowest BCUT2D eigenvalue weighted by molar-refractivity contribution is 0.270. The molecule has 0 N–H and O–H groups in total. The molecule has 0 amide bonds. The Hall–Kier alpha value is -2.94. The van der Waals surface area contributed by atoms with E-state index in [1.807, 2.05) is 42.1 Å². The van der Waals surface area contributed by atoms with Crippen molar-refractivity contribution < 1.29 is 9.15 Å². The molecule has 31 heavy (non-hydrogen) atoms. The van der Waals surface area contributed by atoms with Crippen LogP contribution in [0.2, 0.25) is 0 Å². The molecule has 0 spiro atoms. The minimum absolute atomic E-state index is 0.0190. The summed E-state index contributed by atoms with van der Waals surface area (Å²) in [7, 11) is 3.47. The molecule has 5 rings (SSSR count). The molecule has 3 heterocycles. The van der Waals surface area contributed by atoms with Crippen molar-refractivity contribution in [3.05, 3.63) is 45.0 Å². The number of imidazole rings is 1. The lowest BCUT2D eigenvalue weighted by Gasteiger charge is -2.26. The molecule has 1 aromatic carbocycles. The Balaban J connectivity index is 1.29. The number of ether oxygens (including phenoxy) is 1. The summed E-state index contributed by atoms with van der Waals surface area (Å²) in [6, 6.07) is 5.78. The van der Waals surface area contributed by atoms with E-state index < -0.39 is 0 Å². The summed E-state index contributed by atoms with van der Waals surface area (Å²) in [5.74, 6) is 2.66. The summed E-state index contributed by atoms with van der Waals surface area (Å²) >= 11 is 1.57. The smallest absolute Gasteiger partial charge is 0.328 e. The maximum absolute atomic E-state index is 12.8. The Morgan fingerprint density at radius 2 is 2.00 bits per heavy atom. The summed E-state index contributed by atoms with van der Waals surface area (Å²) in [5.41, 5.74) is 2.62. The van der Waals surface area contributed by atoms with E-state index in [1.54, 1.807) is 23.0 Å². The predicted molar refractivity (Wildman–Crippen MR) is 119 cm³/mol. The van der Waals surface area contributed by atoms with Crippen LogP contribution in [0.25, 0.3) is 22.6 Å². The maximum atomic E-state index is 12.8. The Kier molecular flexibility index (Phi) is 5.13. The van der Waals surface area contributed by atoms with Crippen LogP contribution >= 0.6 is 11.3 Å². The normalized spacial score (nSPS) is 19.2. The van der Waals surface area contributed by atoms with Crippen LogP contribution < -0.4 is 10.4 Å². The second-order valence-electron chi connectivity index (χ2n) is 8.22. The Morgan fingerprint density at radius 3 is 2.71 bits per heavy atom. The lowest BCUT2D eigenvalue weighted by atomic mass is 9.82. The molecule has 0 unspecified atom stereocenters. The summed E-state index contributed by atoms with van der Waals surface area (Å²) in [5, 5.41) is 11.4. The minimum Gasteiger partial charge on any atom is -0.497 e. The SMILES string of the molecule is COc1ccc2c(c1)n(CC1CCC(c3nnc(-c4csc(C)n4)o3)CC1)c(=O)n2C. The van der Waals surface area contributed by atoms with Gasteiger partial charge in [-0.3, -0.25) is 9.13 Å². The van der Waals surface area contributed by atoms with E-state index in [-0.39, 0.29) is 11.6 Å². The van der Waals surface area contributed by atoms with Crippen molar-refractivity contribution in [1.82, 2.24) is 24.3 Å².